The van der Waals surface area contributed by atoms with Crippen LogP contribution in [0.3, 0.4) is 0 Å². The van der Waals surface area contributed by atoms with Crippen molar-refractivity contribution < 1.29 is 33.8 Å². The highest BCUT2D eigenvalue weighted by atomic mass is 16.5. The summed E-state index contributed by atoms with van der Waals surface area (Å²) < 4.78 is 13.2. The molecule has 1 aromatic carbocycles. The van der Waals surface area contributed by atoms with Gasteiger partial charge >= 0.3 is 5.97 Å². The number of aliphatic carboxylic acids is 1. The van der Waals surface area contributed by atoms with E-state index in [1.807, 2.05) is 65.8 Å². The fraction of sp³-hybridized carbons (Fsp3) is 0.590. The summed E-state index contributed by atoms with van der Waals surface area (Å²) in [4.78, 5) is 50.8. The molecular weight excluding hydrogens is 678 g/mol. The number of anilines is 1. The second kappa shape index (κ2) is 19.0. The molecule has 0 bridgehead atoms. The average molecular weight is 736 g/mol. The van der Waals surface area contributed by atoms with Crippen molar-refractivity contribution in [2.45, 2.75) is 123 Å². The number of aromatic nitrogens is 4. The van der Waals surface area contributed by atoms with Gasteiger partial charge in [0.1, 0.15) is 11.7 Å². The van der Waals surface area contributed by atoms with Crippen LogP contribution in [0.1, 0.15) is 107 Å². The number of carbonyl (C=O) groups excluding carboxylic acids is 3. The highest BCUT2D eigenvalue weighted by Crippen LogP contribution is 2.29. The molecule has 0 saturated heterocycles. The molecule has 14 nitrogen and oxygen atoms in total. The minimum atomic E-state index is -0.859. The molecule has 0 unspecified atom stereocenters. The highest BCUT2D eigenvalue weighted by Gasteiger charge is 2.32. The molecule has 0 spiro atoms. The number of benzene rings is 1. The third-order valence-corrected chi connectivity index (χ3v) is 9.77. The Morgan fingerprint density at radius 1 is 0.962 bits per heavy atom. The van der Waals surface area contributed by atoms with Crippen molar-refractivity contribution in [2.24, 2.45) is 5.92 Å². The number of H-pyrrole nitrogens is 1. The smallest absolute Gasteiger partial charge is 0.303 e. The van der Waals surface area contributed by atoms with Gasteiger partial charge in [0.25, 0.3) is 5.91 Å². The van der Waals surface area contributed by atoms with E-state index in [9.17, 15) is 19.2 Å². The van der Waals surface area contributed by atoms with E-state index < -0.39 is 23.2 Å². The van der Waals surface area contributed by atoms with Gasteiger partial charge in [-0.2, -0.15) is 10.2 Å². The summed E-state index contributed by atoms with van der Waals surface area (Å²) in [5, 5.41) is 29.6. The van der Waals surface area contributed by atoms with E-state index in [0.29, 0.717) is 37.4 Å². The summed E-state index contributed by atoms with van der Waals surface area (Å²) in [5.41, 5.74) is 3.81. The molecule has 5 N–H and O–H groups in total. The number of carboxylic acid groups (broad SMARTS) is 1. The fourth-order valence-corrected chi connectivity index (χ4v) is 6.68. The van der Waals surface area contributed by atoms with Crippen molar-refractivity contribution in [1.82, 2.24) is 30.6 Å². The molecule has 1 saturated carbocycles. The molecule has 3 amide bonds. The van der Waals surface area contributed by atoms with E-state index in [4.69, 9.17) is 14.6 Å². The fourth-order valence-electron chi connectivity index (χ4n) is 6.68. The minimum Gasteiger partial charge on any atom is -0.481 e. The SMILES string of the molecule is Cc1n[nH]c(C)c1-c1ccc(NC(=O)[C@@H](NC(=O)c2ccnn2CCOCCC(=O)NC(C)(C)CCOC(C)(C)CCC(=O)O)C2CCCCC2)cc1. The maximum absolute atomic E-state index is 13.7. The molecule has 1 atom stereocenters. The van der Waals surface area contributed by atoms with Crippen LogP contribution in [0.25, 0.3) is 11.1 Å². The molecule has 1 aliphatic carbocycles. The quantitative estimate of drug-likeness (QED) is 0.0926. The zero-order valence-corrected chi connectivity index (χ0v) is 32.0. The first-order valence-electron chi connectivity index (χ1n) is 18.6. The average Bonchev–Trinajstić information content (AvgIpc) is 3.71. The topological polar surface area (TPSA) is 190 Å². The lowest BCUT2D eigenvalue weighted by Crippen LogP contribution is -2.49. The monoisotopic (exact) mass is 735 g/mol. The van der Waals surface area contributed by atoms with Crippen molar-refractivity contribution in [3.8, 4) is 11.1 Å². The molecule has 1 aliphatic rings. The summed E-state index contributed by atoms with van der Waals surface area (Å²) in [6.45, 7) is 12.6. The Bertz CT molecular complexity index is 1650. The summed E-state index contributed by atoms with van der Waals surface area (Å²) in [5.74, 6) is -1.64. The largest absolute Gasteiger partial charge is 0.481 e. The second-order valence-electron chi connectivity index (χ2n) is 15.2. The Morgan fingerprint density at radius 2 is 1.68 bits per heavy atom. The first-order chi connectivity index (χ1) is 25.1. The van der Waals surface area contributed by atoms with Gasteiger partial charge in [0.2, 0.25) is 11.8 Å². The zero-order valence-electron chi connectivity index (χ0n) is 32.0. The van der Waals surface area contributed by atoms with Crippen molar-refractivity contribution in [3.63, 3.8) is 0 Å². The van der Waals surface area contributed by atoms with E-state index in [-0.39, 0.29) is 49.7 Å². The van der Waals surface area contributed by atoms with Gasteiger partial charge in [-0.1, -0.05) is 31.4 Å². The lowest BCUT2D eigenvalue weighted by atomic mass is 9.83. The summed E-state index contributed by atoms with van der Waals surface area (Å²) >= 11 is 0. The lowest BCUT2D eigenvalue weighted by molar-refractivity contribution is -0.139. The number of hydrogen-bond acceptors (Lipinski definition) is 8. The van der Waals surface area contributed by atoms with Gasteiger partial charge in [-0.15, -0.1) is 0 Å². The number of nitrogens with one attached hydrogen (secondary N) is 4. The van der Waals surface area contributed by atoms with Crippen LogP contribution < -0.4 is 16.0 Å². The van der Waals surface area contributed by atoms with Crippen LogP contribution in [0.15, 0.2) is 36.5 Å². The molecule has 2 heterocycles. The predicted molar refractivity (Wildman–Crippen MR) is 201 cm³/mol. The molecule has 0 radical (unpaired) electrons. The van der Waals surface area contributed by atoms with Crippen LogP contribution in [-0.4, -0.2) is 85.8 Å². The lowest BCUT2D eigenvalue weighted by Gasteiger charge is -2.30. The van der Waals surface area contributed by atoms with Gasteiger partial charge in [0.05, 0.1) is 31.1 Å². The van der Waals surface area contributed by atoms with E-state index in [0.717, 1.165) is 54.6 Å². The van der Waals surface area contributed by atoms with Crippen LogP contribution in [0.5, 0.6) is 0 Å². The number of nitrogens with zero attached hydrogens (tertiary/aromatic N) is 3. The number of aromatic amines is 1. The maximum atomic E-state index is 13.7. The number of carbonyl (C=O) groups is 4. The van der Waals surface area contributed by atoms with Crippen LogP contribution >= 0.6 is 0 Å². The summed E-state index contributed by atoms with van der Waals surface area (Å²) in [6, 6.07) is 8.55. The third kappa shape index (κ3) is 12.8. The Kier molecular flexibility index (Phi) is 14.7. The number of rotatable bonds is 20. The zero-order chi connectivity index (χ0) is 38.6. The molecule has 290 valence electrons. The number of ether oxygens (including phenoxy) is 2. The third-order valence-electron chi connectivity index (χ3n) is 9.77. The van der Waals surface area contributed by atoms with E-state index in [1.54, 1.807) is 16.9 Å². The molecule has 0 aliphatic heterocycles. The Labute approximate surface area is 312 Å². The van der Waals surface area contributed by atoms with Gasteiger partial charge in [-0.05, 0) is 96.9 Å². The van der Waals surface area contributed by atoms with E-state index in [1.165, 1.54) is 0 Å². The number of aryl methyl sites for hydroxylation is 2. The maximum Gasteiger partial charge on any atom is 0.303 e. The van der Waals surface area contributed by atoms with Crippen molar-refractivity contribution in [3.05, 3.63) is 53.6 Å². The minimum absolute atomic E-state index is 0.0159. The van der Waals surface area contributed by atoms with Crippen LogP contribution in [-0.2, 0) is 30.4 Å². The van der Waals surface area contributed by atoms with Gasteiger partial charge in [0.15, 0.2) is 0 Å². The molecule has 2 aromatic heterocycles. The molecular formula is C39H57N7O7. The second-order valence-corrected chi connectivity index (χ2v) is 15.2. The standard InChI is InChI=1S/C39H57N7O7/c1-26-34(27(2)45-44-26)28-12-14-30(15-13-28)41-37(51)35(29-10-8-7-9-11-29)42-36(50)31-17-21-40-46(31)22-25-52-23-18-32(47)43-38(3,4)20-24-53-39(5,6)19-16-33(48)49/h12-15,17,21,29,35H,7-11,16,18-20,22-25H2,1-6H3,(H,41,51)(H,42,50)(H,43,47)(H,44,45)(H,48,49)/t35-/m0/s1. The number of hydrogen-bond donors (Lipinski definition) is 5. The molecule has 53 heavy (non-hydrogen) atoms. The number of carboxylic acids is 1. The van der Waals surface area contributed by atoms with Gasteiger partial charge < -0.3 is 30.5 Å². The Morgan fingerprint density at radius 3 is 2.34 bits per heavy atom. The Balaban J connectivity index is 1.24. The predicted octanol–water partition coefficient (Wildman–Crippen LogP) is 5.56. The number of amides is 3. The normalized spacial score (nSPS) is 14.5. The van der Waals surface area contributed by atoms with Crippen LogP contribution in [0, 0.1) is 19.8 Å². The summed E-state index contributed by atoms with van der Waals surface area (Å²) in [6.07, 6.45) is 7.54. The van der Waals surface area contributed by atoms with Crippen LogP contribution in [0.2, 0.25) is 0 Å². The molecule has 14 heteroatoms. The van der Waals surface area contributed by atoms with Crippen molar-refractivity contribution in [1.29, 1.82) is 0 Å². The molecule has 3 aromatic rings. The van der Waals surface area contributed by atoms with Crippen molar-refractivity contribution in [2.75, 3.05) is 25.1 Å². The van der Waals surface area contributed by atoms with Crippen molar-refractivity contribution >= 4 is 29.4 Å². The highest BCUT2D eigenvalue weighted by molar-refractivity contribution is 6.00. The first-order valence-corrected chi connectivity index (χ1v) is 18.6. The summed E-state index contributed by atoms with van der Waals surface area (Å²) in [7, 11) is 0. The van der Waals surface area contributed by atoms with Gasteiger partial charge in [0, 0.05) is 48.1 Å². The van der Waals surface area contributed by atoms with E-state index >= 15 is 0 Å². The van der Waals surface area contributed by atoms with Gasteiger partial charge in [-0.3, -0.25) is 29.0 Å². The van der Waals surface area contributed by atoms with Crippen LogP contribution in [0.4, 0.5) is 5.69 Å². The van der Waals surface area contributed by atoms with Gasteiger partial charge in [-0.25, -0.2) is 0 Å². The first kappa shape index (κ1) is 41.2. The molecule has 1 fully saturated rings. The molecule has 4 rings (SSSR count). The Hall–Kier alpha value is -4.56. The van der Waals surface area contributed by atoms with E-state index in [2.05, 4.69) is 31.2 Å².